The van der Waals surface area contributed by atoms with Gasteiger partial charge in [0.25, 0.3) is 0 Å². The first-order valence-corrected chi connectivity index (χ1v) is 8.56. The zero-order valence-electron chi connectivity index (χ0n) is 14.4. The van der Waals surface area contributed by atoms with Crippen LogP contribution in [-0.4, -0.2) is 41.2 Å². The number of benzene rings is 1. The highest BCUT2D eigenvalue weighted by molar-refractivity contribution is 5.80. The SMILES string of the molecule is COc1cccc2c1OC[C@@H](C(=O)N1CCC[C@H]1c1noc(C)n1)C2. The Morgan fingerprint density at radius 2 is 2.28 bits per heavy atom. The zero-order chi connectivity index (χ0) is 17.4. The highest BCUT2D eigenvalue weighted by atomic mass is 16.5. The summed E-state index contributed by atoms with van der Waals surface area (Å²) in [4.78, 5) is 19.3. The molecule has 1 saturated heterocycles. The number of carbonyl (C=O) groups is 1. The predicted molar refractivity (Wildman–Crippen MR) is 88.4 cm³/mol. The van der Waals surface area contributed by atoms with E-state index in [9.17, 15) is 4.79 Å². The highest BCUT2D eigenvalue weighted by Crippen LogP contribution is 2.38. The van der Waals surface area contributed by atoms with Crippen molar-refractivity contribution in [3.8, 4) is 11.5 Å². The predicted octanol–water partition coefficient (Wildman–Crippen LogP) is 2.30. The number of nitrogens with zero attached hydrogens (tertiary/aromatic N) is 3. The maximum absolute atomic E-state index is 13.1. The van der Waals surface area contributed by atoms with Gasteiger partial charge in [0.2, 0.25) is 11.8 Å². The molecular weight excluding hydrogens is 322 g/mol. The molecule has 1 aromatic carbocycles. The number of carbonyl (C=O) groups excluding carboxylic acids is 1. The van der Waals surface area contributed by atoms with Gasteiger partial charge in [0.05, 0.1) is 19.1 Å². The molecule has 0 bridgehead atoms. The zero-order valence-corrected chi connectivity index (χ0v) is 14.4. The number of likely N-dealkylation sites (tertiary alicyclic amines) is 1. The summed E-state index contributed by atoms with van der Waals surface area (Å²) in [5, 5.41) is 4.01. The lowest BCUT2D eigenvalue weighted by molar-refractivity contribution is -0.138. The summed E-state index contributed by atoms with van der Waals surface area (Å²) in [6.07, 6.45) is 2.46. The van der Waals surface area contributed by atoms with Gasteiger partial charge in [-0.3, -0.25) is 4.79 Å². The summed E-state index contributed by atoms with van der Waals surface area (Å²) in [5.41, 5.74) is 1.01. The number of fused-ring (bicyclic) bond motifs is 1. The fourth-order valence-corrected chi connectivity index (χ4v) is 3.70. The molecule has 2 aliphatic heterocycles. The van der Waals surface area contributed by atoms with Gasteiger partial charge in [0, 0.05) is 13.5 Å². The van der Waals surface area contributed by atoms with Crippen LogP contribution in [0.4, 0.5) is 0 Å². The van der Waals surface area contributed by atoms with Crippen LogP contribution in [0.3, 0.4) is 0 Å². The molecule has 132 valence electrons. The van der Waals surface area contributed by atoms with Gasteiger partial charge in [-0.15, -0.1) is 0 Å². The first-order chi connectivity index (χ1) is 12.2. The van der Waals surface area contributed by atoms with Crippen LogP contribution < -0.4 is 9.47 Å². The van der Waals surface area contributed by atoms with Gasteiger partial charge in [-0.05, 0) is 30.9 Å². The summed E-state index contributed by atoms with van der Waals surface area (Å²) in [5.74, 6) is 2.48. The molecule has 0 saturated carbocycles. The highest BCUT2D eigenvalue weighted by Gasteiger charge is 2.38. The van der Waals surface area contributed by atoms with Gasteiger partial charge in [-0.25, -0.2) is 0 Å². The topological polar surface area (TPSA) is 77.7 Å². The van der Waals surface area contributed by atoms with Crippen molar-refractivity contribution in [2.45, 2.75) is 32.2 Å². The van der Waals surface area contributed by atoms with Crippen LogP contribution in [0.25, 0.3) is 0 Å². The molecular formula is C18H21N3O4. The molecule has 1 amide bonds. The number of amides is 1. The molecule has 0 spiro atoms. The van der Waals surface area contributed by atoms with Gasteiger partial charge in [0.15, 0.2) is 17.3 Å². The Balaban J connectivity index is 1.53. The second kappa shape index (κ2) is 6.38. The van der Waals surface area contributed by atoms with E-state index in [2.05, 4.69) is 10.1 Å². The van der Waals surface area contributed by atoms with Gasteiger partial charge >= 0.3 is 0 Å². The second-order valence-corrected chi connectivity index (χ2v) is 6.52. The summed E-state index contributed by atoms with van der Waals surface area (Å²) in [7, 11) is 1.62. The van der Waals surface area contributed by atoms with Crippen molar-refractivity contribution in [2.75, 3.05) is 20.3 Å². The Morgan fingerprint density at radius 1 is 1.40 bits per heavy atom. The van der Waals surface area contributed by atoms with Crippen LogP contribution >= 0.6 is 0 Å². The maximum atomic E-state index is 13.1. The average molecular weight is 343 g/mol. The fourth-order valence-electron chi connectivity index (χ4n) is 3.70. The van der Waals surface area contributed by atoms with E-state index in [-0.39, 0.29) is 17.9 Å². The molecule has 2 aliphatic rings. The van der Waals surface area contributed by atoms with Crippen molar-refractivity contribution in [1.29, 1.82) is 0 Å². The van der Waals surface area contributed by atoms with Gasteiger partial charge in [-0.2, -0.15) is 4.98 Å². The van der Waals surface area contributed by atoms with Gasteiger partial charge < -0.3 is 18.9 Å². The van der Waals surface area contributed by atoms with Crippen LogP contribution in [0, 0.1) is 12.8 Å². The normalized spacial score (nSPS) is 22.4. The smallest absolute Gasteiger partial charge is 0.230 e. The van der Waals surface area contributed by atoms with E-state index in [1.165, 1.54) is 0 Å². The number of aryl methyl sites for hydroxylation is 1. The molecule has 0 radical (unpaired) electrons. The van der Waals surface area contributed by atoms with Crippen LogP contribution in [0.15, 0.2) is 22.7 Å². The first kappa shape index (κ1) is 15.9. The number of methoxy groups -OCH3 is 1. The van der Waals surface area contributed by atoms with Crippen molar-refractivity contribution < 1.29 is 18.8 Å². The Morgan fingerprint density at radius 3 is 3.04 bits per heavy atom. The molecule has 2 aromatic rings. The Labute approximate surface area is 145 Å². The van der Waals surface area contributed by atoms with Crippen LogP contribution in [0.5, 0.6) is 11.5 Å². The molecule has 3 heterocycles. The first-order valence-electron chi connectivity index (χ1n) is 8.56. The Kier molecular flexibility index (Phi) is 4.07. The number of aromatic nitrogens is 2. The Hall–Kier alpha value is -2.57. The number of rotatable bonds is 3. The standard InChI is InChI=1S/C18H21N3O4/c1-11-19-17(20-25-11)14-6-4-8-21(14)18(22)13-9-12-5-3-7-15(23-2)16(12)24-10-13/h3,5,7,13-14H,4,6,8-10H2,1-2H3/t13-,14-/m0/s1. The summed E-state index contributed by atoms with van der Waals surface area (Å²) in [6.45, 7) is 2.84. The fraction of sp³-hybridized carbons (Fsp3) is 0.500. The van der Waals surface area contributed by atoms with Crippen molar-refractivity contribution in [2.24, 2.45) is 5.92 Å². The third kappa shape index (κ3) is 2.83. The molecule has 0 aliphatic carbocycles. The summed E-state index contributed by atoms with van der Waals surface area (Å²) in [6, 6.07) is 5.68. The van der Waals surface area contributed by atoms with E-state index in [4.69, 9.17) is 14.0 Å². The summed E-state index contributed by atoms with van der Waals surface area (Å²) < 4.78 is 16.3. The monoisotopic (exact) mass is 343 g/mol. The number of hydrogen-bond donors (Lipinski definition) is 0. The lowest BCUT2D eigenvalue weighted by atomic mass is 9.95. The molecule has 2 atom stereocenters. The summed E-state index contributed by atoms with van der Waals surface area (Å²) >= 11 is 0. The molecule has 25 heavy (non-hydrogen) atoms. The minimum atomic E-state index is -0.201. The van der Waals surface area contributed by atoms with Crippen molar-refractivity contribution in [3.63, 3.8) is 0 Å². The second-order valence-electron chi connectivity index (χ2n) is 6.52. The van der Waals surface area contributed by atoms with E-state index in [1.807, 2.05) is 23.1 Å². The number of ether oxygens (including phenoxy) is 2. The lowest BCUT2D eigenvalue weighted by Gasteiger charge is -2.31. The molecule has 4 rings (SSSR count). The molecule has 1 aromatic heterocycles. The third-order valence-electron chi connectivity index (χ3n) is 4.90. The van der Waals surface area contributed by atoms with E-state index >= 15 is 0 Å². The van der Waals surface area contributed by atoms with Crippen LogP contribution in [-0.2, 0) is 11.2 Å². The molecule has 7 heteroatoms. The average Bonchev–Trinajstić information content (AvgIpc) is 3.28. The van der Waals surface area contributed by atoms with Gasteiger partial charge in [-0.1, -0.05) is 17.3 Å². The lowest BCUT2D eigenvalue weighted by Crippen LogP contribution is -2.40. The van der Waals surface area contributed by atoms with Crippen LogP contribution in [0.2, 0.25) is 0 Å². The number of para-hydroxylation sites is 1. The number of hydrogen-bond acceptors (Lipinski definition) is 6. The van der Waals surface area contributed by atoms with E-state index in [1.54, 1.807) is 14.0 Å². The quantitative estimate of drug-likeness (QED) is 0.851. The van der Waals surface area contributed by atoms with Crippen molar-refractivity contribution in [3.05, 3.63) is 35.5 Å². The Bertz CT molecular complexity index is 788. The molecule has 0 unspecified atom stereocenters. The molecule has 7 nitrogen and oxygen atoms in total. The van der Waals surface area contributed by atoms with Crippen molar-refractivity contribution >= 4 is 5.91 Å². The third-order valence-corrected chi connectivity index (χ3v) is 4.90. The molecule has 1 fully saturated rings. The van der Waals surface area contributed by atoms with Crippen LogP contribution in [0.1, 0.15) is 36.2 Å². The van der Waals surface area contributed by atoms with E-state index < -0.39 is 0 Å². The largest absolute Gasteiger partial charge is 0.493 e. The minimum Gasteiger partial charge on any atom is -0.493 e. The minimum absolute atomic E-state index is 0.0958. The van der Waals surface area contributed by atoms with Crippen molar-refractivity contribution in [1.82, 2.24) is 15.0 Å². The van der Waals surface area contributed by atoms with E-state index in [0.717, 1.165) is 30.7 Å². The van der Waals surface area contributed by atoms with E-state index in [0.29, 0.717) is 30.5 Å². The molecule has 0 N–H and O–H groups in total. The maximum Gasteiger partial charge on any atom is 0.230 e. The van der Waals surface area contributed by atoms with Gasteiger partial charge in [0.1, 0.15) is 6.61 Å².